The van der Waals surface area contributed by atoms with E-state index in [2.05, 4.69) is 53.2 Å². The number of hydrogen-bond donors (Lipinski definition) is 2. The van der Waals surface area contributed by atoms with Gasteiger partial charge in [-0.15, -0.1) is 12.4 Å². The fraction of sp³-hybridized carbons (Fsp3) is 0.438. The zero-order valence-corrected chi connectivity index (χ0v) is 13.4. The topological polar surface area (TPSA) is 57.9 Å². The smallest absolute Gasteiger partial charge is 0.0695 e. The molecule has 114 valence electrons. The number of nitrogens with two attached hydrogens (primary N) is 1. The molecule has 1 aromatic heterocycles. The number of benzene rings is 1. The van der Waals surface area contributed by atoms with Crippen LogP contribution in [-0.4, -0.2) is 34.2 Å². The Morgan fingerprint density at radius 1 is 1.29 bits per heavy atom. The summed E-state index contributed by atoms with van der Waals surface area (Å²) in [5.74, 6) is 0.574. The van der Waals surface area contributed by atoms with Gasteiger partial charge in [0.2, 0.25) is 0 Å². The molecule has 2 unspecified atom stereocenters. The van der Waals surface area contributed by atoms with E-state index in [0.29, 0.717) is 12.0 Å². The molecular formula is C16H23ClN4. The van der Waals surface area contributed by atoms with Gasteiger partial charge >= 0.3 is 0 Å². The van der Waals surface area contributed by atoms with E-state index in [1.165, 1.54) is 16.7 Å². The van der Waals surface area contributed by atoms with Gasteiger partial charge in [0.15, 0.2) is 0 Å². The molecule has 0 radical (unpaired) electrons. The normalized spacial score (nSPS) is 22.2. The first-order valence-electron chi connectivity index (χ1n) is 7.20. The molecule has 1 saturated heterocycles. The lowest BCUT2D eigenvalue weighted by Gasteiger charge is -2.15. The predicted molar refractivity (Wildman–Crippen MR) is 88.4 cm³/mol. The van der Waals surface area contributed by atoms with Gasteiger partial charge in [0.1, 0.15) is 0 Å². The van der Waals surface area contributed by atoms with Crippen LogP contribution in [0.4, 0.5) is 0 Å². The van der Waals surface area contributed by atoms with Crippen molar-refractivity contribution in [2.24, 2.45) is 11.7 Å². The van der Waals surface area contributed by atoms with E-state index in [1.54, 1.807) is 0 Å². The van der Waals surface area contributed by atoms with Crippen molar-refractivity contribution in [3.05, 3.63) is 41.6 Å². The zero-order valence-electron chi connectivity index (χ0n) is 12.5. The molecule has 0 spiro atoms. The fourth-order valence-corrected chi connectivity index (χ4v) is 2.87. The quantitative estimate of drug-likeness (QED) is 0.916. The van der Waals surface area contributed by atoms with Crippen molar-refractivity contribution in [2.45, 2.75) is 26.4 Å². The Morgan fingerprint density at radius 3 is 2.62 bits per heavy atom. The SMILES string of the molecule is Cc1ccc(-c2[nH]ncc2CN2CC(C)C(N)C2)cc1.Cl. The summed E-state index contributed by atoms with van der Waals surface area (Å²) in [5.41, 5.74) is 10.9. The number of likely N-dealkylation sites (tertiary alicyclic amines) is 1. The number of halogens is 1. The summed E-state index contributed by atoms with van der Waals surface area (Å²) in [4.78, 5) is 2.41. The summed E-state index contributed by atoms with van der Waals surface area (Å²) in [6.45, 7) is 7.28. The van der Waals surface area contributed by atoms with Gasteiger partial charge in [-0.2, -0.15) is 5.10 Å². The van der Waals surface area contributed by atoms with Gasteiger partial charge in [-0.05, 0) is 18.4 Å². The van der Waals surface area contributed by atoms with Crippen molar-refractivity contribution < 1.29 is 0 Å². The number of aromatic nitrogens is 2. The van der Waals surface area contributed by atoms with Gasteiger partial charge in [0.25, 0.3) is 0 Å². The van der Waals surface area contributed by atoms with Gasteiger partial charge < -0.3 is 5.73 Å². The Morgan fingerprint density at radius 2 is 2.00 bits per heavy atom. The summed E-state index contributed by atoms with van der Waals surface area (Å²) in [6, 6.07) is 8.85. The third kappa shape index (κ3) is 3.46. The Balaban J connectivity index is 0.00000161. The average Bonchev–Trinajstić information content (AvgIpc) is 2.99. The van der Waals surface area contributed by atoms with E-state index in [-0.39, 0.29) is 12.4 Å². The molecule has 2 atom stereocenters. The average molecular weight is 307 g/mol. The van der Waals surface area contributed by atoms with Crippen LogP contribution in [0.15, 0.2) is 30.5 Å². The molecule has 0 saturated carbocycles. The van der Waals surface area contributed by atoms with Gasteiger partial charge in [0, 0.05) is 31.2 Å². The first kappa shape index (κ1) is 16.0. The third-order valence-electron chi connectivity index (χ3n) is 4.20. The molecule has 4 nitrogen and oxygen atoms in total. The van der Waals surface area contributed by atoms with Crippen molar-refractivity contribution in [3.63, 3.8) is 0 Å². The summed E-state index contributed by atoms with van der Waals surface area (Å²) in [6.07, 6.45) is 1.93. The number of H-pyrrole nitrogens is 1. The lowest BCUT2D eigenvalue weighted by molar-refractivity contribution is 0.319. The number of nitrogens with one attached hydrogen (secondary N) is 1. The molecule has 0 aliphatic carbocycles. The van der Waals surface area contributed by atoms with Crippen LogP contribution < -0.4 is 5.73 Å². The molecule has 3 rings (SSSR count). The van der Waals surface area contributed by atoms with Crippen LogP contribution in [0.3, 0.4) is 0 Å². The van der Waals surface area contributed by atoms with E-state index in [9.17, 15) is 0 Å². The molecule has 1 aliphatic rings. The van der Waals surface area contributed by atoms with Crippen molar-refractivity contribution >= 4 is 12.4 Å². The highest BCUT2D eigenvalue weighted by Gasteiger charge is 2.27. The lowest BCUT2D eigenvalue weighted by atomic mass is 10.1. The van der Waals surface area contributed by atoms with Gasteiger partial charge in [-0.25, -0.2) is 0 Å². The predicted octanol–water partition coefficient (Wildman–Crippen LogP) is 2.59. The molecule has 2 heterocycles. The molecule has 1 aliphatic heterocycles. The number of nitrogens with zero attached hydrogens (tertiary/aromatic N) is 2. The highest BCUT2D eigenvalue weighted by atomic mass is 35.5. The van der Waals surface area contributed by atoms with Crippen LogP contribution in [0.5, 0.6) is 0 Å². The Hall–Kier alpha value is -1.36. The molecule has 1 aromatic carbocycles. The van der Waals surface area contributed by atoms with Gasteiger partial charge in [-0.1, -0.05) is 36.8 Å². The second-order valence-corrected chi connectivity index (χ2v) is 5.97. The Kier molecular flexibility index (Phi) is 5.04. The second-order valence-electron chi connectivity index (χ2n) is 5.97. The van der Waals surface area contributed by atoms with E-state index in [0.717, 1.165) is 25.3 Å². The lowest BCUT2D eigenvalue weighted by Crippen LogP contribution is -2.28. The van der Waals surface area contributed by atoms with Crippen molar-refractivity contribution in [1.82, 2.24) is 15.1 Å². The number of rotatable bonds is 3. The fourth-order valence-electron chi connectivity index (χ4n) is 2.87. The van der Waals surface area contributed by atoms with E-state index >= 15 is 0 Å². The largest absolute Gasteiger partial charge is 0.326 e. The summed E-state index contributed by atoms with van der Waals surface area (Å²) < 4.78 is 0. The molecule has 21 heavy (non-hydrogen) atoms. The first-order chi connectivity index (χ1) is 9.63. The maximum atomic E-state index is 6.10. The molecule has 0 amide bonds. The molecular weight excluding hydrogens is 284 g/mol. The van der Waals surface area contributed by atoms with Crippen LogP contribution in [-0.2, 0) is 6.54 Å². The summed E-state index contributed by atoms with van der Waals surface area (Å²) >= 11 is 0. The highest BCUT2D eigenvalue weighted by Crippen LogP contribution is 2.24. The number of aromatic amines is 1. The minimum absolute atomic E-state index is 0. The van der Waals surface area contributed by atoms with E-state index in [1.807, 2.05) is 6.20 Å². The van der Waals surface area contributed by atoms with Crippen LogP contribution >= 0.6 is 12.4 Å². The summed E-state index contributed by atoms with van der Waals surface area (Å²) in [5, 5.41) is 7.35. The van der Waals surface area contributed by atoms with Crippen molar-refractivity contribution in [2.75, 3.05) is 13.1 Å². The van der Waals surface area contributed by atoms with Gasteiger partial charge in [0.05, 0.1) is 11.9 Å². The molecule has 2 aromatic rings. The number of hydrogen-bond acceptors (Lipinski definition) is 3. The number of aryl methyl sites for hydroxylation is 1. The van der Waals surface area contributed by atoms with Crippen molar-refractivity contribution in [3.8, 4) is 11.3 Å². The maximum absolute atomic E-state index is 6.10. The van der Waals surface area contributed by atoms with Crippen LogP contribution in [0.2, 0.25) is 0 Å². The second kappa shape index (κ2) is 6.60. The van der Waals surface area contributed by atoms with Gasteiger partial charge in [-0.3, -0.25) is 10.00 Å². The molecule has 5 heteroatoms. The van der Waals surface area contributed by atoms with Crippen LogP contribution in [0.1, 0.15) is 18.1 Å². The Bertz CT molecular complexity index is 568. The zero-order chi connectivity index (χ0) is 14.1. The third-order valence-corrected chi connectivity index (χ3v) is 4.20. The monoisotopic (exact) mass is 306 g/mol. The minimum Gasteiger partial charge on any atom is -0.326 e. The molecule has 0 bridgehead atoms. The highest BCUT2D eigenvalue weighted by molar-refractivity contribution is 5.85. The maximum Gasteiger partial charge on any atom is 0.0695 e. The standard InChI is InChI=1S/C16H22N4.ClH/c1-11-3-5-13(6-4-11)16-14(7-18-19-16)9-20-8-12(2)15(17)10-20;/h3-7,12,15H,8-10,17H2,1-2H3,(H,18,19);1H. The molecule has 1 fully saturated rings. The van der Waals surface area contributed by atoms with Crippen LogP contribution in [0, 0.1) is 12.8 Å². The van der Waals surface area contributed by atoms with E-state index < -0.39 is 0 Å². The Labute approximate surface area is 132 Å². The van der Waals surface area contributed by atoms with E-state index in [4.69, 9.17) is 5.73 Å². The molecule has 3 N–H and O–H groups in total. The van der Waals surface area contributed by atoms with Crippen LogP contribution in [0.25, 0.3) is 11.3 Å². The minimum atomic E-state index is 0. The summed E-state index contributed by atoms with van der Waals surface area (Å²) in [7, 11) is 0. The van der Waals surface area contributed by atoms with Crippen molar-refractivity contribution in [1.29, 1.82) is 0 Å². The first-order valence-corrected chi connectivity index (χ1v) is 7.20.